The summed E-state index contributed by atoms with van der Waals surface area (Å²) >= 11 is 1.48. The van der Waals surface area contributed by atoms with Crippen LogP contribution in [0.5, 0.6) is 0 Å². The molecule has 1 aliphatic heterocycles. The zero-order valence-electron chi connectivity index (χ0n) is 7.30. The second kappa shape index (κ2) is 6.28. The second-order valence-electron chi connectivity index (χ2n) is 2.29. The van der Waals surface area contributed by atoms with Gasteiger partial charge in [-0.1, -0.05) is 11.8 Å². The minimum Gasteiger partial charge on any atom is -0.465 e. The topological polar surface area (TPSA) is 55.6 Å². The van der Waals surface area contributed by atoms with Gasteiger partial charge in [0, 0.05) is 6.20 Å². The Balaban J connectivity index is 0.00000144. The van der Waals surface area contributed by atoms with Crippen molar-refractivity contribution in [1.82, 2.24) is 4.90 Å². The summed E-state index contributed by atoms with van der Waals surface area (Å²) in [6, 6.07) is 0. The Hall–Kier alpha value is -0.200. The second-order valence-corrected chi connectivity index (χ2v) is 3.32. The van der Waals surface area contributed by atoms with Crippen molar-refractivity contribution in [3.63, 3.8) is 0 Å². The van der Waals surface area contributed by atoms with Crippen LogP contribution >= 0.6 is 28.7 Å². The van der Waals surface area contributed by atoms with Crippen molar-refractivity contribution in [3.05, 3.63) is 11.6 Å². The van der Waals surface area contributed by atoms with Gasteiger partial charge in [-0.05, 0) is 12.3 Å². The smallest absolute Gasteiger partial charge is 0.325 e. The van der Waals surface area contributed by atoms with E-state index in [0.717, 1.165) is 0 Å². The van der Waals surface area contributed by atoms with E-state index in [9.17, 15) is 4.79 Å². The number of nitrogens with two attached hydrogens (primary N) is 1. The third-order valence-electron chi connectivity index (χ3n) is 1.41. The van der Waals surface area contributed by atoms with Crippen molar-refractivity contribution in [2.45, 2.75) is 12.4 Å². The molecule has 1 unspecified atom stereocenters. The van der Waals surface area contributed by atoms with Gasteiger partial charge in [-0.15, -0.1) is 17.0 Å². The summed E-state index contributed by atoms with van der Waals surface area (Å²) in [5.74, 6) is -0.236. The van der Waals surface area contributed by atoms with Crippen LogP contribution in [0.1, 0.15) is 6.92 Å². The first-order valence-electron chi connectivity index (χ1n) is 3.73. The van der Waals surface area contributed by atoms with Crippen molar-refractivity contribution in [2.24, 2.45) is 5.73 Å². The Morgan fingerprint density at radius 2 is 2.46 bits per heavy atom. The first-order chi connectivity index (χ1) is 5.74. The van der Waals surface area contributed by atoms with Gasteiger partial charge in [-0.2, -0.15) is 0 Å². The number of carbonyl (C=O) groups is 1. The molecule has 0 radical (unpaired) electrons. The molecule has 0 fully saturated rings. The Morgan fingerprint density at radius 3 is 2.92 bits per heavy atom. The van der Waals surface area contributed by atoms with E-state index in [0.29, 0.717) is 6.61 Å². The highest BCUT2D eigenvalue weighted by molar-refractivity contribution is 8.93. The molecule has 0 spiro atoms. The van der Waals surface area contributed by atoms with Gasteiger partial charge in [0.05, 0.1) is 6.61 Å². The standard InChI is InChI=1S/C7H12N2O2S.BrH/c1-2-11-6(10)5-9-3-4-12-7(9)8;/h3-4,7H,2,5,8H2,1H3;1H. The fraction of sp³-hybridized carbons (Fsp3) is 0.571. The quantitative estimate of drug-likeness (QED) is 0.771. The number of nitrogens with zero attached hydrogens (tertiary/aromatic N) is 1. The van der Waals surface area contributed by atoms with Crippen molar-refractivity contribution in [2.75, 3.05) is 13.2 Å². The summed E-state index contributed by atoms with van der Waals surface area (Å²) in [5.41, 5.74) is 5.50. The Labute approximate surface area is 92.2 Å². The third-order valence-corrected chi connectivity index (χ3v) is 2.24. The highest BCUT2D eigenvalue weighted by Crippen LogP contribution is 2.19. The van der Waals surface area contributed by atoms with Crippen LogP contribution in [0, 0.1) is 0 Å². The van der Waals surface area contributed by atoms with Crippen molar-refractivity contribution < 1.29 is 9.53 Å². The lowest BCUT2D eigenvalue weighted by molar-refractivity contribution is -0.143. The van der Waals surface area contributed by atoms with Crippen molar-refractivity contribution in [1.29, 1.82) is 0 Å². The van der Waals surface area contributed by atoms with E-state index in [1.165, 1.54) is 11.8 Å². The van der Waals surface area contributed by atoms with Crippen LogP contribution in [0.25, 0.3) is 0 Å². The normalized spacial score (nSPS) is 19.8. The minimum atomic E-state index is -0.236. The highest BCUT2D eigenvalue weighted by atomic mass is 79.9. The molecule has 2 N–H and O–H groups in total. The molecule has 0 aromatic rings. The molecule has 0 amide bonds. The molecular formula is C7H13BrN2O2S. The average Bonchev–Trinajstić information content (AvgIpc) is 2.37. The first kappa shape index (κ1) is 12.8. The van der Waals surface area contributed by atoms with Crippen molar-refractivity contribution in [3.8, 4) is 0 Å². The molecule has 0 bridgehead atoms. The van der Waals surface area contributed by atoms with Crippen molar-refractivity contribution >= 4 is 34.7 Å². The summed E-state index contributed by atoms with van der Waals surface area (Å²) in [5, 5.41) is 1.86. The zero-order chi connectivity index (χ0) is 8.97. The summed E-state index contributed by atoms with van der Waals surface area (Å²) in [7, 11) is 0. The molecular weight excluding hydrogens is 256 g/mol. The lowest BCUT2D eigenvalue weighted by Crippen LogP contribution is -2.36. The number of carbonyl (C=O) groups excluding carboxylic acids is 1. The monoisotopic (exact) mass is 268 g/mol. The maximum atomic E-state index is 11.0. The van der Waals surface area contributed by atoms with Crippen LogP contribution < -0.4 is 5.73 Å². The SMILES string of the molecule is Br.CCOC(=O)CN1C=CSC1N. The molecule has 76 valence electrons. The lowest BCUT2D eigenvalue weighted by atomic mass is 10.5. The van der Waals surface area contributed by atoms with Crippen LogP contribution in [0.2, 0.25) is 0 Å². The molecule has 0 saturated heterocycles. The Bertz CT molecular complexity index is 201. The predicted molar refractivity (Wildman–Crippen MR) is 58.4 cm³/mol. The zero-order valence-corrected chi connectivity index (χ0v) is 9.83. The van der Waals surface area contributed by atoms with Gasteiger partial charge in [-0.3, -0.25) is 4.79 Å². The molecule has 0 aromatic carbocycles. The molecule has 1 rings (SSSR count). The van der Waals surface area contributed by atoms with Gasteiger partial charge < -0.3 is 15.4 Å². The number of rotatable bonds is 3. The first-order valence-corrected chi connectivity index (χ1v) is 4.67. The summed E-state index contributed by atoms with van der Waals surface area (Å²) in [6.07, 6.45) is 1.80. The van der Waals surface area contributed by atoms with Crippen LogP contribution in [0.3, 0.4) is 0 Å². The van der Waals surface area contributed by atoms with E-state index in [-0.39, 0.29) is 35.0 Å². The molecule has 0 aliphatic carbocycles. The molecule has 4 nitrogen and oxygen atoms in total. The van der Waals surface area contributed by atoms with Crippen LogP contribution in [0.15, 0.2) is 11.6 Å². The van der Waals surface area contributed by atoms with Gasteiger partial charge in [0.2, 0.25) is 0 Å². The molecule has 6 heteroatoms. The number of ether oxygens (including phenoxy) is 1. The van der Waals surface area contributed by atoms with E-state index in [2.05, 4.69) is 0 Å². The van der Waals surface area contributed by atoms with E-state index < -0.39 is 0 Å². The maximum Gasteiger partial charge on any atom is 0.325 e. The van der Waals surface area contributed by atoms with E-state index >= 15 is 0 Å². The maximum absolute atomic E-state index is 11.0. The summed E-state index contributed by atoms with van der Waals surface area (Å²) in [4.78, 5) is 12.7. The van der Waals surface area contributed by atoms with Gasteiger partial charge >= 0.3 is 5.97 Å². The van der Waals surface area contributed by atoms with Crippen LogP contribution in [0.4, 0.5) is 0 Å². The Morgan fingerprint density at radius 1 is 1.77 bits per heavy atom. The molecule has 13 heavy (non-hydrogen) atoms. The molecule has 0 aromatic heterocycles. The largest absolute Gasteiger partial charge is 0.465 e. The predicted octanol–water partition coefficient (Wildman–Crippen LogP) is 0.890. The van der Waals surface area contributed by atoms with Gasteiger partial charge in [0.25, 0.3) is 0 Å². The number of esters is 1. The molecule has 1 aliphatic rings. The average molecular weight is 269 g/mol. The van der Waals surface area contributed by atoms with Gasteiger partial charge in [0.15, 0.2) is 0 Å². The molecule has 0 saturated carbocycles. The van der Waals surface area contributed by atoms with E-state index in [1.807, 2.05) is 5.41 Å². The van der Waals surface area contributed by atoms with E-state index in [4.69, 9.17) is 10.5 Å². The van der Waals surface area contributed by atoms with Crippen LogP contribution in [-0.4, -0.2) is 29.5 Å². The van der Waals surface area contributed by atoms with Gasteiger partial charge in [-0.25, -0.2) is 0 Å². The number of hydrogen-bond acceptors (Lipinski definition) is 5. The summed E-state index contributed by atoms with van der Waals surface area (Å²) in [6.45, 7) is 2.43. The van der Waals surface area contributed by atoms with Gasteiger partial charge in [0.1, 0.15) is 12.0 Å². The third kappa shape index (κ3) is 4.02. The Kier molecular flexibility index (Phi) is 6.19. The molecule has 1 heterocycles. The number of thioether (sulfide) groups is 1. The minimum absolute atomic E-state index is 0. The molecule has 1 atom stereocenters. The highest BCUT2D eigenvalue weighted by Gasteiger charge is 2.18. The van der Waals surface area contributed by atoms with Crippen LogP contribution in [-0.2, 0) is 9.53 Å². The fourth-order valence-electron chi connectivity index (χ4n) is 0.855. The number of halogens is 1. The number of hydrogen-bond donors (Lipinski definition) is 1. The lowest BCUT2D eigenvalue weighted by Gasteiger charge is -2.19. The fourth-order valence-corrected chi connectivity index (χ4v) is 1.54. The summed E-state index contributed by atoms with van der Waals surface area (Å²) < 4.78 is 4.77. The van der Waals surface area contributed by atoms with E-state index in [1.54, 1.807) is 18.0 Å².